The van der Waals surface area contributed by atoms with Gasteiger partial charge in [0.05, 0.1) is 17.9 Å². The van der Waals surface area contributed by atoms with Gasteiger partial charge in [-0.3, -0.25) is 0 Å². The third kappa shape index (κ3) is 3.03. The van der Waals surface area contributed by atoms with Crippen LogP contribution in [0.4, 0.5) is 13.2 Å². The monoisotopic (exact) mass is 319 g/mol. The van der Waals surface area contributed by atoms with Crippen LogP contribution < -0.4 is 0 Å². The highest BCUT2D eigenvalue weighted by molar-refractivity contribution is 6.30. The Labute approximate surface area is 124 Å². The van der Waals surface area contributed by atoms with Gasteiger partial charge in [-0.25, -0.2) is 9.67 Å². The lowest BCUT2D eigenvalue weighted by Crippen LogP contribution is -2.07. The molecule has 2 heterocycles. The van der Waals surface area contributed by atoms with E-state index in [1.54, 1.807) is 0 Å². The number of aliphatic hydroxyl groups excluding tert-OH is 1. The van der Waals surface area contributed by atoms with Gasteiger partial charge in [-0.1, -0.05) is 25.4 Å². The molecule has 8 heteroatoms. The molecule has 0 unspecified atom stereocenters. The van der Waals surface area contributed by atoms with E-state index in [1.807, 2.05) is 13.8 Å². The summed E-state index contributed by atoms with van der Waals surface area (Å²) in [7, 11) is 0. The molecule has 0 radical (unpaired) electrons. The van der Waals surface area contributed by atoms with E-state index < -0.39 is 11.7 Å². The summed E-state index contributed by atoms with van der Waals surface area (Å²) in [4.78, 5) is 3.74. The summed E-state index contributed by atoms with van der Waals surface area (Å²) in [6.45, 7) is 3.46. The average molecular weight is 320 g/mol. The van der Waals surface area contributed by atoms with E-state index in [4.69, 9.17) is 11.6 Å². The Morgan fingerprint density at radius 3 is 2.38 bits per heavy atom. The van der Waals surface area contributed by atoms with E-state index in [2.05, 4.69) is 10.1 Å². The van der Waals surface area contributed by atoms with E-state index in [1.165, 1.54) is 10.7 Å². The van der Waals surface area contributed by atoms with Crippen molar-refractivity contribution in [2.45, 2.75) is 32.5 Å². The molecule has 0 aliphatic rings. The molecule has 0 amide bonds. The number of aliphatic hydroxyl groups is 1. The van der Waals surface area contributed by atoms with Crippen molar-refractivity contribution in [3.8, 4) is 5.82 Å². The van der Waals surface area contributed by atoms with Crippen molar-refractivity contribution in [3.05, 3.63) is 40.3 Å². The van der Waals surface area contributed by atoms with Crippen molar-refractivity contribution in [3.63, 3.8) is 0 Å². The Kier molecular flexibility index (Phi) is 4.25. The van der Waals surface area contributed by atoms with Crippen LogP contribution in [0.2, 0.25) is 5.15 Å². The van der Waals surface area contributed by atoms with Crippen molar-refractivity contribution in [2.75, 3.05) is 0 Å². The van der Waals surface area contributed by atoms with Gasteiger partial charge < -0.3 is 5.11 Å². The van der Waals surface area contributed by atoms with Crippen LogP contribution in [0.15, 0.2) is 18.3 Å². The van der Waals surface area contributed by atoms with Crippen LogP contribution in [0.25, 0.3) is 5.82 Å². The number of rotatable bonds is 3. The predicted octanol–water partition coefficient (Wildman–Crippen LogP) is 3.56. The lowest BCUT2D eigenvalue weighted by atomic mass is 10.1. The smallest absolute Gasteiger partial charge is 0.391 e. The van der Waals surface area contributed by atoms with Gasteiger partial charge in [-0.2, -0.15) is 18.3 Å². The molecule has 0 saturated heterocycles. The molecule has 2 aromatic rings. The maximum absolute atomic E-state index is 12.5. The third-order valence-corrected chi connectivity index (χ3v) is 3.34. The van der Waals surface area contributed by atoms with E-state index in [-0.39, 0.29) is 23.5 Å². The van der Waals surface area contributed by atoms with Gasteiger partial charge in [0.1, 0.15) is 5.15 Å². The molecule has 4 nitrogen and oxygen atoms in total. The molecule has 1 N–H and O–H groups in total. The predicted molar refractivity (Wildman–Crippen MR) is 71.4 cm³/mol. The zero-order valence-electron chi connectivity index (χ0n) is 11.3. The lowest BCUT2D eigenvalue weighted by molar-refractivity contribution is -0.137. The highest BCUT2D eigenvalue weighted by Gasteiger charge is 2.31. The fraction of sp³-hybridized carbons (Fsp3) is 0.385. The van der Waals surface area contributed by atoms with Gasteiger partial charge in [-0.05, 0) is 18.1 Å². The molecule has 0 aromatic carbocycles. The highest BCUT2D eigenvalue weighted by atomic mass is 35.5. The summed E-state index contributed by atoms with van der Waals surface area (Å²) in [6.07, 6.45) is -3.72. The summed E-state index contributed by atoms with van der Waals surface area (Å²) in [5.41, 5.74) is 0.193. The summed E-state index contributed by atoms with van der Waals surface area (Å²) in [6, 6.07) is 2.10. The molecule has 2 rings (SSSR count). The third-order valence-electron chi connectivity index (χ3n) is 2.95. The number of hydrogen-bond donors (Lipinski definition) is 1. The molecular weight excluding hydrogens is 307 g/mol. The van der Waals surface area contributed by atoms with Crippen molar-refractivity contribution < 1.29 is 18.3 Å². The SMILES string of the molecule is CC(C)c1nn(-c2ccc(C(F)(F)F)cn2)c(Cl)c1CO. The van der Waals surface area contributed by atoms with Crippen LogP contribution >= 0.6 is 11.6 Å². The summed E-state index contributed by atoms with van der Waals surface area (Å²) in [5.74, 6) is 0.176. The first-order chi connectivity index (χ1) is 9.75. The van der Waals surface area contributed by atoms with Gasteiger partial charge in [0.25, 0.3) is 0 Å². The zero-order valence-corrected chi connectivity index (χ0v) is 12.1. The molecule has 114 valence electrons. The van der Waals surface area contributed by atoms with Crippen LogP contribution in [0, 0.1) is 0 Å². The van der Waals surface area contributed by atoms with Gasteiger partial charge in [0.2, 0.25) is 0 Å². The van der Waals surface area contributed by atoms with Crippen LogP contribution in [0.3, 0.4) is 0 Å². The van der Waals surface area contributed by atoms with Gasteiger partial charge in [0, 0.05) is 11.8 Å². The van der Waals surface area contributed by atoms with Crippen molar-refractivity contribution in [1.82, 2.24) is 14.8 Å². The minimum Gasteiger partial charge on any atom is -0.391 e. The number of alkyl halides is 3. The molecule has 0 saturated carbocycles. The minimum absolute atomic E-state index is 0.0142. The van der Waals surface area contributed by atoms with Crippen LogP contribution in [0.1, 0.15) is 36.6 Å². The standard InChI is InChI=1S/C13H13ClF3N3O/c1-7(2)11-9(6-21)12(14)20(19-11)10-4-3-8(5-18-10)13(15,16)17/h3-5,7,21H,6H2,1-2H3. The van der Waals surface area contributed by atoms with Gasteiger partial charge in [0.15, 0.2) is 5.82 Å². The zero-order chi connectivity index (χ0) is 15.8. The first kappa shape index (κ1) is 15.8. The van der Waals surface area contributed by atoms with E-state index in [9.17, 15) is 18.3 Å². The molecule has 2 aromatic heterocycles. The van der Waals surface area contributed by atoms with E-state index in [0.717, 1.165) is 12.3 Å². The molecule has 0 aliphatic carbocycles. The quantitative estimate of drug-likeness (QED) is 0.941. The largest absolute Gasteiger partial charge is 0.417 e. The molecule has 0 fully saturated rings. The van der Waals surface area contributed by atoms with Crippen molar-refractivity contribution in [2.24, 2.45) is 0 Å². The maximum Gasteiger partial charge on any atom is 0.417 e. The second-order valence-corrected chi connectivity index (χ2v) is 5.14. The van der Waals surface area contributed by atoms with Crippen molar-refractivity contribution in [1.29, 1.82) is 0 Å². The Morgan fingerprint density at radius 1 is 1.33 bits per heavy atom. The summed E-state index contributed by atoms with van der Waals surface area (Å²) in [5, 5.41) is 13.7. The van der Waals surface area contributed by atoms with Crippen LogP contribution in [0.5, 0.6) is 0 Å². The fourth-order valence-electron chi connectivity index (χ4n) is 1.89. The van der Waals surface area contributed by atoms with E-state index >= 15 is 0 Å². The fourth-order valence-corrected chi connectivity index (χ4v) is 2.17. The number of aromatic nitrogens is 3. The lowest BCUT2D eigenvalue weighted by Gasteiger charge is -2.07. The Hall–Kier alpha value is -1.60. The number of halogens is 4. The molecule has 0 bridgehead atoms. The molecule has 0 spiro atoms. The molecule has 0 aliphatic heterocycles. The average Bonchev–Trinajstić information content (AvgIpc) is 2.75. The second-order valence-electron chi connectivity index (χ2n) is 4.78. The van der Waals surface area contributed by atoms with Crippen LogP contribution in [-0.2, 0) is 12.8 Å². The van der Waals surface area contributed by atoms with Crippen LogP contribution in [-0.4, -0.2) is 19.9 Å². The molecular formula is C13H13ClF3N3O. The summed E-state index contributed by atoms with van der Waals surface area (Å²) < 4.78 is 38.8. The number of pyridine rings is 1. The minimum atomic E-state index is -4.45. The normalized spacial score (nSPS) is 12.2. The van der Waals surface area contributed by atoms with E-state index in [0.29, 0.717) is 11.3 Å². The summed E-state index contributed by atoms with van der Waals surface area (Å²) >= 11 is 6.12. The Morgan fingerprint density at radius 2 is 2.00 bits per heavy atom. The number of nitrogens with zero attached hydrogens (tertiary/aromatic N) is 3. The Bertz CT molecular complexity index is 635. The Balaban J connectivity index is 2.47. The topological polar surface area (TPSA) is 50.9 Å². The second kappa shape index (κ2) is 5.65. The highest BCUT2D eigenvalue weighted by Crippen LogP contribution is 2.30. The first-order valence-corrected chi connectivity index (χ1v) is 6.55. The first-order valence-electron chi connectivity index (χ1n) is 6.17. The van der Waals surface area contributed by atoms with Gasteiger partial charge >= 0.3 is 6.18 Å². The maximum atomic E-state index is 12.5. The molecule has 21 heavy (non-hydrogen) atoms. The number of hydrogen-bond acceptors (Lipinski definition) is 3. The van der Waals surface area contributed by atoms with Crippen molar-refractivity contribution >= 4 is 11.6 Å². The van der Waals surface area contributed by atoms with Gasteiger partial charge in [-0.15, -0.1) is 0 Å². The molecule has 0 atom stereocenters.